The van der Waals surface area contributed by atoms with E-state index < -0.39 is 23.7 Å². The van der Waals surface area contributed by atoms with Crippen molar-refractivity contribution >= 4 is 86.7 Å². The molecule has 5 N–H and O–H groups in total. The number of hydrazine groups is 3. The van der Waals surface area contributed by atoms with Gasteiger partial charge in [-0.05, 0) is 240 Å². The average Bonchev–Trinajstić information content (AvgIpc) is 1.56. The van der Waals surface area contributed by atoms with E-state index in [0.717, 1.165) is 162 Å². The van der Waals surface area contributed by atoms with E-state index in [2.05, 4.69) is 56.3 Å². The van der Waals surface area contributed by atoms with Crippen molar-refractivity contribution in [3.8, 4) is 35.5 Å². The minimum Gasteiger partial charge on any atom is -0.477 e. The highest BCUT2D eigenvalue weighted by molar-refractivity contribution is 7.15. The molecule has 7 aliphatic rings. The van der Waals surface area contributed by atoms with Crippen molar-refractivity contribution in [2.24, 2.45) is 51.8 Å². The van der Waals surface area contributed by atoms with Gasteiger partial charge in [0.25, 0.3) is 0 Å². The first-order valence-electron chi connectivity index (χ1n) is 37.4. The van der Waals surface area contributed by atoms with Gasteiger partial charge < -0.3 is 35.0 Å². The summed E-state index contributed by atoms with van der Waals surface area (Å²) in [5, 5.41) is 60.7. The molecule has 3 amide bonds. The van der Waals surface area contributed by atoms with Crippen LogP contribution in [0.4, 0.5) is 17.1 Å². The standard InChI is InChI=1S/C28H40N2O5S.2C26H38N2O4S/c1-19-6-8-20(9-7-19)25(31)30(29(5)21-10-14-28(15-11-21)34-16-17-35-28)23-18-22(12-13-27(2,3)4)36-24(23)26(32)33;2*1-17-6-8-18(9-7-17)24(30)28(27(5)19-10-12-20(29)13-11-19)22-16-21(14-15-26(2,3)4)33-23(22)25(31)32/h18-21H,6-11,14-17H2,1-5H3,(H,32,33);2*16-20,29H,6-13H2,1-5H3,(H,31,32). The fraction of sp³-hybridized carbons (Fsp3) is 0.700. The molecule has 1 saturated heterocycles. The van der Waals surface area contributed by atoms with Crippen molar-refractivity contribution in [1.82, 2.24) is 15.0 Å². The Morgan fingerprint density at radius 3 is 0.882 bits per heavy atom. The van der Waals surface area contributed by atoms with Gasteiger partial charge in [-0.3, -0.25) is 14.4 Å². The number of anilines is 3. The molecule has 0 unspecified atom stereocenters. The van der Waals surface area contributed by atoms with Gasteiger partial charge in [0.05, 0.1) is 57.1 Å². The molecule has 0 aromatic carbocycles. The van der Waals surface area contributed by atoms with Gasteiger partial charge in [0.1, 0.15) is 14.6 Å². The summed E-state index contributed by atoms with van der Waals surface area (Å²) in [4.78, 5) is 80.9. The minimum absolute atomic E-state index is 0.00585. The number of aliphatic hydroxyl groups is 2. The van der Waals surface area contributed by atoms with Crippen molar-refractivity contribution in [2.75, 3.05) is 49.4 Å². The third kappa shape index (κ3) is 22.4. The van der Waals surface area contributed by atoms with Crippen LogP contribution in [0.3, 0.4) is 0 Å². The molecule has 1 spiro atoms. The second-order valence-corrected chi connectivity index (χ2v) is 36.4. The number of aliphatic hydroxyl groups excluding tert-OH is 2. The van der Waals surface area contributed by atoms with Gasteiger partial charge in [-0.2, -0.15) is 0 Å². The first-order chi connectivity index (χ1) is 47.9. The third-order valence-corrected chi connectivity index (χ3v) is 24.3. The molecule has 0 radical (unpaired) electrons. The zero-order valence-electron chi connectivity index (χ0n) is 63.4. The number of amides is 3. The van der Waals surface area contributed by atoms with E-state index in [-0.39, 0.29) is 96.7 Å². The van der Waals surface area contributed by atoms with Crippen molar-refractivity contribution in [2.45, 2.75) is 273 Å². The Morgan fingerprint density at radius 1 is 0.402 bits per heavy atom. The Hall–Kier alpha value is -5.68. The van der Waals surface area contributed by atoms with E-state index in [9.17, 15) is 54.3 Å². The van der Waals surface area contributed by atoms with Crippen molar-refractivity contribution in [1.29, 1.82) is 0 Å². The summed E-state index contributed by atoms with van der Waals surface area (Å²) < 4.78 is 11.8. The molecule has 6 aliphatic carbocycles. The number of hydrogen-bond donors (Lipinski definition) is 5. The van der Waals surface area contributed by atoms with Crippen LogP contribution >= 0.6 is 34.0 Å². The summed E-state index contributed by atoms with van der Waals surface area (Å²) in [5.74, 6) is 16.8. The number of carbonyl (C=O) groups is 6. The molecule has 3 aromatic rings. The number of thiophene rings is 3. The molecule has 562 valence electrons. The third-order valence-electron chi connectivity index (χ3n) is 21.2. The van der Waals surface area contributed by atoms with E-state index in [4.69, 9.17) is 9.47 Å². The van der Waals surface area contributed by atoms with Crippen LogP contribution in [0, 0.1) is 87.3 Å². The maximum atomic E-state index is 14.1. The summed E-state index contributed by atoms with van der Waals surface area (Å²) in [7, 11) is 5.69. The lowest BCUT2D eigenvalue weighted by Gasteiger charge is -2.44. The summed E-state index contributed by atoms with van der Waals surface area (Å²) >= 11 is 3.41. The normalized spacial score (nSPS) is 25.4. The zero-order valence-corrected chi connectivity index (χ0v) is 65.8. The van der Waals surface area contributed by atoms with Gasteiger partial charge in [0.15, 0.2) is 5.79 Å². The summed E-state index contributed by atoms with van der Waals surface area (Å²) in [6, 6.07) is 5.56. The predicted molar refractivity (Wildman–Crippen MR) is 405 cm³/mol. The van der Waals surface area contributed by atoms with Gasteiger partial charge >= 0.3 is 17.9 Å². The zero-order chi connectivity index (χ0) is 74.8. The second-order valence-electron chi connectivity index (χ2n) is 33.2. The second kappa shape index (κ2) is 35.6. The number of rotatable bonds is 15. The number of carbonyl (C=O) groups excluding carboxylic acids is 3. The van der Waals surface area contributed by atoms with Crippen LogP contribution in [0.15, 0.2) is 18.2 Å². The monoisotopic (exact) mass is 1460 g/mol. The van der Waals surface area contributed by atoms with Crippen molar-refractivity contribution < 1.29 is 63.8 Å². The summed E-state index contributed by atoms with van der Waals surface area (Å²) in [6.45, 7) is 26.1. The highest BCUT2D eigenvalue weighted by atomic mass is 32.1. The van der Waals surface area contributed by atoms with Crippen LogP contribution in [0.2, 0.25) is 0 Å². The lowest BCUT2D eigenvalue weighted by Crippen LogP contribution is -2.54. The Balaban J connectivity index is 0.000000194. The highest BCUT2D eigenvalue weighted by Crippen LogP contribution is 2.44. The molecule has 22 heteroatoms. The van der Waals surface area contributed by atoms with E-state index >= 15 is 0 Å². The Kier molecular flexibility index (Phi) is 28.6. The predicted octanol–water partition coefficient (Wildman–Crippen LogP) is 15.8. The molecule has 7 fully saturated rings. The number of aromatic carboxylic acids is 3. The fourth-order valence-corrected chi connectivity index (χ4v) is 17.4. The van der Waals surface area contributed by atoms with Gasteiger partial charge in [0.2, 0.25) is 17.7 Å². The molecule has 0 atom stereocenters. The minimum atomic E-state index is -1.04. The first-order valence-corrected chi connectivity index (χ1v) is 39.9. The maximum Gasteiger partial charge on any atom is 0.348 e. The Bertz CT molecular complexity index is 3410. The van der Waals surface area contributed by atoms with Crippen molar-refractivity contribution in [3.63, 3.8) is 0 Å². The van der Waals surface area contributed by atoms with Crippen molar-refractivity contribution in [3.05, 3.63) is 47.5 Å². The van der Waals surface area contributed by atoms with E-state index in [0.29, 0.717) is 88.3 Å². The van der Waals surface area contributed by atoms with Crippen LogP contribution in [-0.2, 0) is 23.9 Å². The number of ether oxygens (including phenoxy) is 2. The number of hydrogen-bond acceptors (Lipinski definition) is 16. The van der Waals surface area contributed by atoms with Gasteiger partial charge in [-0.15, -0.1) is 34.0 Å². The fourth-order valence-electron chi connectivity index (χ4n) is 14.9. The molecule has 6 saturated carbocycles. The van der Waals surface area contributed by atoms with Gasteiger partial charge in [-0.1, -0.05) is 56.3 Å². The molecular formula is C80H116N6O13S3. The van der Waals surface area contributed by atoms with Crippen LogP contribution in [0.5, 0.6) is 0 Å². The van der Waals surface area contributed by atoms with Crippen LogP contribution in [0.25, 0.3) is 0 Å². The molecule has 3 aromatic heterocycles. The molecular weight excluding hydrogens is 1350 g/mol. The summed E-state index contributed by atoms with van der Waals surface area (Å²) in [6.07, 6.45) is 19.5. The number of carboxylic acid groups (broad SMARTS) is 3. The smallest absolute Gasteiger partial charge is 0.348 e. The van der Waals surface area contributed by atoms with E-state index in [1.165, 1.54) is 0 Å². The Morgan fingerprint density at radius 2 is 0.647 bits per heavy atom. The lowest BCUT2D eigenvalue weighted by molar-refractivity contribution is -0.183. The average molecular weight is 1470 g/mol. The molecule has 0 bridgehead atoms. The number of carboxylic acids is 3. The van der Waals surface area contributed by atoms with E-state index in [1.807, 2.05) is 98.5 Å². The lowest BCUT2D eigenvalue weighted by atomic mass is 9.82. The van der Waals surface area contributed by atoms with Crippen LogP contribution in [-0.4, -0.2) is 147 Å². The largest absolute Gasteiger partial charge is 0.477 e. The van der Waals surface area contributed by atoms with Gasteiger partial charge in [0, 0.05) is 86.1 Å². The van der Waals surface area contributed by atoms with E-state index in [1.54, 1.807) is 33.2 Å². The number of nitrogens with zero attached hydrogens (tertiary/aromatic N) is 6. The van der Waals surface area contributed by atoms with Crippen LogP contribution in [0.1, 0.15) is 281 Å². The summed E-state index contributed by atoms with van der Waals surface area (Å²) in [5.41, 5.74) is 0.654. The van der Waals surface area contributed by atoms with Gasteiger partial charge in [-0.25, -0.2) is 44.4 Å². The SMILES string of the molecule is CC1CCC(C(=O)N(c2cc(C#CC(C)(C)C)sc2C(=O)O)N(C)C2CCC(O)CC2)CC1.CC1CCC(C(=O)N(c2cc(C#CC(C)(C)C)sc2C(=O)O)N(C)C2CCC(O)CC2)CC1.CC1CCC(C(=O)N(c2cc(C#CC(C)(C)C)sc2C(=O)O)N(C)C2CCC3(CC2)OCCO3)CC1. The molecule has 1 aliphatic heterocycles. The topological polar surface area (TPSA) is 241 Å². The molecule has 4 heterocycles. The molecule has 19 nitrogen and oxygen atoms in total. The quantitative estimate of drug-likeness (QED) is 0.0702. The Labute approximate surface area is 619 Å². The first kappa shape index (κ1) is 82.0. The van der Waals surface area contributed by atoms with Crippen LogP contribution < -0.4 is 15.0 Å². The highest BCUT2D eigenvalue weighted by Gasteiger charge is 2.45. The maximum absolute atomic E-state index is 14.1. The molecule has 102 heavy (non-hydrogen) atoms. The molecule has 10 rings (SSSR count).